The van der Waals surface area contributed by atoms with E-state index in [1.807, 2.05) is 6.08 Å². The Morgan fingerprint density at radius 3 is 1.12 bits per heavy atom. The Morgan fingerprint density at radius 2 is 0.713 bits per heavy atom. The van der Waals surface area contributed by atoms with Crippen molar-refractivity contribution in [2.24, 2.45) is 0 Å². The molecule has 94 heavy (non-hydrogen) atoms. The molecule has 12 unspecified atom stereocenters. The molecular formula is C80H147NO13. The summed E-state index contributed by atoms with van der Waals surface area (Å²) in [5.74, 6) is -0.243. The number of rotatable bonds is 66. The van der Waals surface area contributed by atoms with E-state index in [2.05, 4.69) is 67.8 Å². The number of hydrogen-bond acceptors (Lipinski definition) is 13. The van der Waals surface area contributed by atoms with Crippen molar-refractivity contribution in [1.82, 2.24) is 5.32 Å². The molecule has 2 rings (SSSR count). The molecule has 0 aromatic carbocycles. The molecule has 2 aliphatic rings. The number of hydrogen-bond donors (Lipinski definition) is 9. The van der Waals surface area contributed by atoms with Crippen molar-refractivity contribution < 1.29 is 64.6 Å². The monoisotopic (exact) mass is 1330 g/mol. The van der Waals surface area contributed by atoms with E-state index in [0.717, 1.165) is 44.9 Å². The van der Waals surface area contributed by atoms with Gasteiger partial charge in [0.2, 0.25) is 5.91 Å². The summed E-state index contributed by atoms with van der Waals surface area (Å²) in [6.45, 7) is 2.82. The molecule has 2 saturated heterocycles. The Kier molecular flexibility index (Phi) is 59.8. The fraction of sp³-hybridized carbons (Fsp3) is 0.863. The van der Waals surface area contributed by atoms with E-state index in [4.69, 9.17) is 18.9 Å². The summed E-state index contributed by atoms with van der Waals surface area (Å²) in [6.07, 6.45) is 70.2. The fourth-order valence-electron chi connectivity index (χ4n) is 12.9. The first kappa shape index (κ1) is 87.8. The second kappa shape index (κ2) is 64.1. The van der Waals surface area contributed by atoms with Crippen LogP contribution in [-0.4, -0.2) is 140 Å². The van der Waals surface area contributed by atoms with Crippen molar-refractivity contribution in [3.05, 3.63) is 60.8 Å². The van der Waals surface area contributed by atoms with E-state index in [-0.39, 0.29) is 18.9 Å². The molecule has 2 heterocycles. The minimum absolute atomic E-state index is 0.243. The van der Waals surface area contributed by atoms with Gasteiger partial charge in [-0.15, -0.1) is 0 Å². The van der Waals surface area contributed by atoms with E-state index in [1.54, 1.807) is 6.08 Å². The van der Waals surface area contributed by atoms with Crippen LogP contribution < -0.4 is 5.32 Å². The molecule has 9 N–H and O–H groups in total. The van der Waals surface area contributed by atoms with Crippen LogP contribution >= 0.6 is 0 Å². The third-order valence-electron chi connectivity index (χ3n) is 19.2. The van der Waals surface area contributed by atoms with Crippen LogP contribution in [0.4, 0.5) is 0 Å². The van der Waals surface area contributed by atoms with Crippen LogP contribution in [0.3, 0.4) is 0 Å². The van der Waals surface area contributed by atoms with E-state index in [1.165, 1.54) is 270 Å². The molecule has 2 fully saturated rings. The number of carbonyl (C=O) groups is 1. The molecule has 2 aliphatic heterocycles. The van der Waals surface area contributed by atoms with Crippen LogP contribution in [0.25, 0.3) is 0 Å². The van der Waals surface area contributed by atoms with E-state index in [0.29, 0.717) is 12.8 Å². The number of nitrogens with one attached hydrogen (secondary N) is 1. The molecule has 0 radical (unpaired) electrons. The van der Waals surface area contributed by atoms with Crippen molar-refractivity contribution in [2.75, 3.05) is 19.8 Å². The Hall–Kier alpha value is -2.31. The van der Waals surface area contributed by atoms with Gasteiger partial charge in [-0.25, -0.2) is 0 Å². The molecular weight excluding hydrogens is 1180 g/mol. The Labute approximate surface area is 575 Å². The smallest absolute Gasteiger partial charge is 0.220 e. The van der Waals surface area contributed by atoms with Crippen LogP contribution in [0, 0.1) is 0 Å². The maximum absolute atomic E-state index is 13.4. The second-order valence-corrected chi connectivity index (χ2v) is 27.8. The second-order valence-electron chi connectivity index (χ2n) is 27.8. The summed E-state index contributed by atoms with van der Waals surface area (Å²) in [7, 11) is 0. The van der Waals surface area contributed by atoms with Gasteiger partial charge < -0.3 is 65.1 Å². The van der Waals surface area contributed by atoms with Crippen molar-refractivity contribution in [3.8, 4) is 0 Å². The van der Waals surface area contributed by atoms with Gasteiger partial charge in [0.25, 0.3) is 0 Å². The molecule has 0 bridgehead atoms. The number of carbonyl (C=O) groups excluding carboxylic acids is 1. The van der Waals surface area contributed by atoms with E-state index < -0.39 is 86.8 Å². The van der Waals surface area contributed by atoms with Crippen LogP contribution in [0.1, 0.15) is 348 Å². The lowest BCUT2D eigenvalue weighted by Crippen LogP contribution is -2.65. The molecule has 14 heteroatoms. The zero-order chi connectivity index (χ0) is 68.0. The highest BCUT2D eigenvalue weighted by Gasteiger charge is 2.51. The van der Waals surface area contributed by atoms with Crippen LogP contribution in [-0.2, 0) is 23.7 Å². The molecule has 0 aromatic heterocycles. The highest BCUT2D eigenvalue weighted by atomic mass is 16.7. The number of allylic oxidation sites excluding steroid dienone is 9. The number of aliphatic hydroxyl groups excluding tert-OH is 8. The molecule has 0 aliphatic carbocycles. The number of amides is 1. The molecule has 0 saturated carbocycles. The maximum Gasteiger partial charge on any atom is 0.220 e. The van der Waals surface area contributed by atoms with Crippen LogP contribution in [0.5, 0.6) is 0 Å². The third-order valence-corrected chi connectivity index (χ3v) is 19.2. The van der Waals surface area contributed by atoms with Crippen molar-refractivity contribution in [1.29, 1.82) is 0 Å². The van der Waals surface area contributed by atoms with Crippen molar-refractivity contribution in [2.45, 2.75) is 421 Å². The summed E-state index contributed by atoms with van der Waals surface area (Å²) in [5, 5.41) is 87.5. The number of unbranched alkanes of at least 4 members (excludes halogenated alkanes) is 45. The Balaban J connectivity index is 1.59. The van der Waals surface area contributed by atoms with Gasteiger partial charge in [0, 0.05) is 6.42 Å². The fourth-order valence-corrected chi connectivity index (χ4v) is 12.9. The zero-order valence-electron chi connectivity index (χ0n) is 60.2. The Bertz CT molecular complexity index is 1810. The topological polar surface area (TPSA) is 228 Å². The minimum atomic E-state index is -1.79. The first-order valence-corrected chi connectivity index (χ1v) is 39.5. The highest BCUT2D eigenvalue weighted by molar-refractivity contribution is 5.76. The summed E-state index contributed by atoms with van der Waals surface area (Å²) in [4.78, 5) is 13.4. The van der Waals surface area contributed by atoms with Gasteiger partial charge in [-0.3, -0.25) is 4.79 Å². The van der Waals surface area contributed by atoms with Gasteiger partial charge in [-0.05, 0) is 70.6 Å². The van der Waals surface area contributed by atoms with Gasteiger partial charge >= 0.3 is 0 Å². The SMILES string of the molecule is CCCCCCC/C=C\C/C=C\C/C=C\CCCCCCCCCCCCCCCCCCCCCCCCCCC(=O)NC(COC1OC(CO)C(OC2OC(CO)C(O)C(O)C2O)C(O)C1O)C(O)/C=C/CC/C=C/CCCCCCCCCCCCCCCCC. The highest BCUT2D eigenvalue weighted by Crippen LogP contribution is 2.30. The first-order chi connectivity index (χ1) is 46.1. The van der Waals surface area contributed by atoms with Gasteiger partial charge in [0.15, 0.2) is 12.6 Å². The van der Waals surface area contributed by atoms with Crippen LogP contribution in [0.2, 0.25) is 0 Å². The van der Waals surface area contributed by atoms with E-state index >= 15 is 0 Å². The summed E-state index contributed by atoms with van der Waals surface area (Å²) in [6, 6.07) is -0.933. The molecule has 12 atom stereocenters. The van der Waals surface area contributed by atoms with E-state index in [9.17, 15) is 45.6 Å². The largest absolute Gasteiger partial charge is 0.394 e. The quantitative estimate of drug-likeness (QED) is 0.0204. The van der Waals surface area contributed by atoms with Gasteiger partial charge in [0.05, 0.1) is 32.0 Å². The molecule has 550 valence electrons. The Morgan fingerprint density at radius 1 is 0.383 bits per heavy atom. The predicted molar refractivity (Wildman–Crippen MR) is 387 cm³/mol. The molecule has 0 spiro atoms. The summed E-state index contributed by atoms with van der Waals surface area (Å²) in [5.41, 5.74) is 0. The standard InChI is InChI=1S/C80H147NO13/c1-3-5-7-9-11-13-15-17-19-21-23-25-26-27-28-29-30-31-32-33-34-35-36-37-38-39-40-41-42-44-46-48-50-52-54-56-58-60-62-64-72(85)81-68(69(84)63-61-59-57-55-53-51-49-47-45-43-24-22-20-18-16-14-12-10-8-6-4-2)67-91-79-77(90)75(88)78(71(66-83)93-79)94-80-76(89)74(87)73(86)70(65-82)92-80/h15,17,21,23,26-27,53,55,61,63,68-71,73-80,82-84,86-90H,3-14,16,18-20,22,24-25,28-52,54,56-60,62,64-67H2,1-2H3,(H,81,85)/b17-15-,23-21-,27-26-,55-53+,63-61+. The lowest BCUT2D eigenvalue weighted by molar-refractivity contribution is -0.359. The average Bonchev–Trinajstić information content (AvgIpc) is 0.794. The molecule has 1 amide bonds. The maximum atomic E-state index is 13.4. The van der Waals surface area contributed by atoms with Gasteiger partial charge in [-0.1, -0.05) is 331 Å². The van der Waals surface area contributed by atoms with Crippen molar-refractivity contribution in [3.63, 3.8) is 0 Å². The van der Waals surface area contributed by atoms with Crippen LogP contribution in [0.15, 0.2) is 60.8 Å². The van der Waals surface area contributed by atoms with Crippen molar-refractivity contribution >= 4 is 5.91 Å². The summed E-state index contributed by atoms with van der Waals surface area (Å²) < 4.78 is 22.9. The third kappa shape index (κ3) is 46.9. The molecule has 14 nitrogen and oxygen atoms in total. The summed E-state index contributed by atoms with van der Waals surface area (Å²) >= 11 is 0. The number of ether oxygens (including phenoxy) is 4. The lowest BCUT2D eigenvalue weighted by atomic mass is 9.97. The normalized spacial score (nSPS) is 22.7. The molecule has 0 aromatic rings. The zero-order valence-corrected chi connectivity index (χ0v) is 60.2. The predicted octanol–water partition coefficient (Wildman–Crippen LogP) is 17.6. The lowest BCUT2D eigenvalue weighted by Gasteiger charge is -2.46. The first-order valence-electron chi connectivity index (χ1n) is 39.5. The minimum Gasteiger partial charge on any atom is -0.394 e. The number of aliphatic hydroxyl groups is 8. The average molecular weight is 1330 g/mol. The van der Waals surface area contributed by atoms with Gasteiger partial charge in [0.1, 0.15) is 48.8 Å². The van der Waals surface area contributed by atoms with Gasteiger partial charge in [-0.2, -0.15) is 0 Å².